The van der Waals surface area contributed by atoms with E-state index in [2.05, 4.69) is 62.5 Å². The van der Waals surface area contributed by atoms with Crippen LogP contribution in [0.15, 0.2) is 36.5 Å². The number of aliphatic hydroxyl groups excluding tert-OH is 2. The molecule has 6 nitrogen and oxygen atoms in total. The molecule has 57 heavy (non-hydrogen) atoms. The third kappa shape index (κ3) is 40.6. The average Bonchev–Trinajstić information content (AvgIpc) is 3.20. The number of rotatable bonds is 44. The molecular weight excluding hydrogens is 707 g/mol. The first-order chi connectivity index (χ1) is 28.0. The smallest absolute Gasteiger partial charge is 0.306 e. The summed E-state index contributed by atoms with van der Waals surface area (Å²) in [4.78, 5) is 26.0. The summed E-state index contributed by atoms with van der Waals surface area (Å²) in [5.41, 5.74) is 0. The fourth-order valence-electron chi connectivity index (χ4n) is 7.42. The highest BCUT2D eigenvalue weighted by Gasteiger charge is 2.24. The van der Waals surface area contributed by atoms with E-state index in [1.807, 2.05) is 0 Å². The van der Waals surface area contributed by atoms with E-state index in [4.69, 9.17) is 4.74 Å². The van der Waals surface area contributed by atoms with E-state index in [0.29, 0.717) is 19.3 Å². The van der Waals surface area contributed by atoms with E-state index in [1.165, 1.54) is 141 Å². The Kier molecular flexibility index (Phi) is 43.6. The molecule has 0 saturated heterocycles. The van der Waals surface area contributed by atoms with Gasteiger partial charge in [-0.3, -0.25) is 9.59 Å². The number of ether oxygens (including phenoxy) is 1. The van der Waals surface area contributed by atoms with Gasteiger partial charge in [0.1, 0.15) is 6.10 Å². The molecule has 0 aromatic carbocycles. The van der Waals surface area contributed by atoms with Gasteiger partial charge in [-0.05, 0) is 70.6 Å². The van der Waals surface area contributed by atoms with Crippen molar-refractivity contribution in [1.82, 2.24) is 5.32 Å². The molecule has 0 saturated carbocycles. The Labute approximate surface area is 353 Å². The summed E-state index contributed by atoms with van der Waals surface area (Å²) in [6, 6.07) is -0.714. The molecule has 0 aliphatic carbocycles. The van der Waals surface area contributed by atoms with Gasteiger partial charge in [-0.25, -0.2) is 0 Å². The predicted molar refractivity (Wildman–Crippen MR) is 246 cm³/mol. The van der Waals surface area contributed by atoms with E-state index in [9.17, 15) is 19.8 Å². The topological polar surface area (TPSA) is 95.9 Å². The number of allylic oxidation sites excluding steroid dienone is 6. The predicted octanol–water partition coefficient (Wildman–Crippen LogP) is 14.5. The van der Waals surface area contributed by atoms with Gasteiger partial charge in [0.2, 0.25) is 5.91 Å². The highest BCUT2D eigenvalue weighted by atomic mass is 16.5. The number of carbonyl (C=O) groups excluding carboxylic acids is 2. The number of esters is 1. The zero-order valence-electron chi connectivity index (χ0n) is 38.0. The van der Waals surface area contributed by atoms with Crippen molar-refractivity contribution in [2.24, 2.45) is 0 Å². The molecule has 0 rings (SSSR count). The summed E-state index contributed by atoms with van der Waals surface area (Å²) < 4.78 is 5.89. The molecule has 0 radical (unpaired) electrons. The molecule has 0 aliphatic heterocycles. The van der Waals surface area contributed by atoms with Gasteiger partial charge in [0, 0.05) is 6.42 Å². The first-order valence-electron chi connectivity index (χ1n) is 24.7. The molecule has 0 aromatic heterocycles. The van der Waals surface area contributed by atoms with Crippen molar-refractivity contribution in [1.29, 1.82) is 0 Å². The lowest BCUT2D eigenvalue weighted by Gasteiger charge is -2.24. The highest BCUT2D eigenvalue weighted by Crippen LogP contribution is 2.17. The van der Waals surface area contributed by atoms with Crippen molar-refractivity contribution < 1.29 is 24.5 Å². The number of nitrogens with one attached hydrogen (secondary N) is 1. The lowest BCUT2D eigenvalue weighted by molar-refractivity contribution is -0.151. The quantitative estimate of drug-likeness (QED) is 0.0247. The van der Waals surface area contributed by atoms with Crippen LogP contribution in [0.5, 0.6) is 0 Å². The summed E-state index contributed by atoms with van der Waals surface area (Å²) in [6.07, 6.45) is 52.0. The van der Waals surface area contributed by atoms with Crippen LogP contribution in [-0.2, 0) is 14.3 Å². The van der Waals surface area contributed by atoms with Gasteiger partial charge in [0.25, 0.3) is 0 Å². The molecule has 3 atom stereocenters. The highest BCUT2D eigenvalue weighted by molar-refractivity contribution is 5.77. The number of unbranched alkanes of at least 4 members (excludes halogenated alkanes) is 27. The number of carbonyl (C=O) groups is 2. The first-order valence-corrected chi connectivity index (χ1v) is 24.7. The van der Waals surface area contributed by atoms with Crippen molar-refractivity contribution >= 4 is 11.9 Å². The number of hydrogen-bond donors (Lipinski definition) is 3. The molecule has 0 spiro atoms. The second kappa shape index (κ2) is 45.2. The Morgan fingerprint density at radius 2 is 0.912 bits per heavy atom. The standard InChI is InChI=1S/C51H95NO5/c1-4-7-10-13-16-19-22-25-26-27-30-33-36-39-42-47(57-51(56)44-41-38-35-32-29-24-21-18-15-12-9-6-3)45-50(55)52-48(46-53)49(54)43-40-37-34-31-28-23-20-17-14-11-8-5-2/h18,21,26-27,30,33,47-49,53-54H,4-17,19-20,22-25,28-29,31-32,34-46H2,1-3H3,(H,52,55)/b21-18-,27-26+,33-30+. The van der Waals surface area contributed by atoms with Crippen molar-refractivity contribution in [2.45, 2.75) is 270 Å². The number of aliphatic hydroxyl groups is 2. The SMILES string of the molecule is CCCCC/C=C\CCCCCCCC(=O)OC(CCC/C=C/C=C/CCCCCCCCC)CC(=O)NC(CO)C(O)CCCCCCCCCCCCCC. The van der Waals surface area contributed by atoms with Gasteiger partial charge in [-0.2, -0.15) is 0 Å². The van der Waals surface area contributed by atoms with Crippen molar-refractivity contribution in [2.75, 3.05) is 6.61 Å². The van der Waals surface area contributed by atoms with Crippen LogP contribution in [0.4, 0.5) is 0 Å². The molecule has 0 aromatic rings. The molecule has 6 heteroatoms. The Bertz CT molecular complexity index is 946. The minimum absolute atomic E-state index is 0.0432. The zero-order chi connectivity index (χ0) is 41.7. The normalized spacial score (nSPS) is 13.6. The first kappa shape index (κ1) is 55.1. The van der Waals surface area contributed by atoms with Gasteiger partial charge in [0.05, 0.1) is 25.2 Å². The van der Waals surface area contributed by atoms with E-state index >= 15 is 0 Å². The van der Waals surface area contributed by atoms with Crippen molar-refractivity contribution in [3.05, 3.63) is 36.5 Å². The van der Waals surface area contributed by atoms with E-state index < -0.39 is 18.2 Å². The fourth-order valence-corrected chi connectivity index (χ4v) is 7.42. The third-order valence-corrected chi connectivity index (χ3v) is 11.2. The Balaban J connectivity index is 4.66. The van der Waals surface area contributed by atoms with Gasteiger partial charge < -0.3 is 20.3 Å². The second-order valence-electron chi connectivity index (χ2n) is 16.9. The summed E-state index contributed by atoms with van der Waals surface area (Å²) in [7, 11) is 0. The second-order valence-corrected chi connectivity index (χ2v) is 16.9. The maximum atomic E-state index is 13.2. The Hall–Kier alpha value is -1.92. The summed E-state index contributed by atoms with van der Waals surface area (Å²) >= 11 is 0. The average molecular weight is 802 g/mol. The van der Waals surface area contributed by atoms with Crippen LogP contribution < -0.4 is 5.32 Å². The zero-order valence-corrected chi connectivity index (χ0v) is 38.0. The van der Waals surface area contributed by atoms with E-state index in [-0.39, 0.29) is 24.9 Å². The maximum absolute atomic E-state index is 13.2. The van der Waals surface area contributed by atoms with Crippen LogP contribution in [0.25, 0.3) is 0 Å². The van der Waals surface area contributed by atoms with Crippen LogP contribution in [0.1, 0.15) is 252 Å². The molecule has 0 heterocycles. The van der Waals surface area contributed by atoms with E-state index in [1.54, 1.807) is 0 Å². The number of hydrogen-bond acceptors (Lipinski definition) is 5. The number of amides is 1. The van der Waals surface area contributed by atoms with Crippen LogP contribution in [0.3, 0.4) is 0 Å². The molecule has 0 bridgehead atoms. The fraction of sp³-hybridized carbons (Fsp3) is 0.843. The minimum Gasteiger partial charge on any atom is -0.462 e. The molecule has 3 N–H and O–H groups in total. The van der Waals surface area contributed by atoms with Gasteiger partial charge >= 0.3 is 5.97 Å². The van der Waals surface area contributed by atoms with Crippen LogP contribution in [-0.4, -0.2) is 46.9 Å². The molecule has 1 amide bonds. The van der Waals surface area contributed by atoms with Crippen LogP contribution in [0, 0.1) is 0 Å². The van der Waals surface area contributed by atoms with Gasteiger partial charge in [-0.1, -0.05) is 205 Å². The van der Waals surface area contributed by atoms with Crippen molar-refractivity contribution in [3.63, 3.8) is 0 Å². The van der Waals surface area contributed by atoms with Gasteiger partial charge in [0.15, 0.2) is 0 Å². The molecule has 0 aliphatic rings. The maximum Gasteiger partial charge on any atom is 0.306 e. The lowest BCUT2D eigenvalue weighted by atomic mass is 10.0. The monoisotopic (exact) mass is 802 g/mol. The molecule has 334 valence electrons. The summed E-state index contributed by atoms with van der Waals surface area (Å²) in [5, 5.41) is 23.7. The minimum atomic E-state index is -0.797. The lowest BCUT2D eigenvalue weighted by Crippen LogP contribution is -2.46. The molecule has 0 fully saturated rings. The Morgan fingerprint density at radius 1 is 0.509 bits per heavy atom. The third-order valence-electron chi connectivity index (χ3n) is 11.2. The summed E-state index contributed by atoms with van der Waals surface area (Å²) in [6.45, 7) is 6.44. The molecule has 3 unspecified atom stereocenters. The largest absolute Gasteiger partial charge is 0.462 e. The van der Waals surface area contributed by atoms with Crippen LogP contribution in [0.2, 0.25) is 0 Å². The van der Waals surface area contributed by atoms with E-state index in [0.717, 1.165) is 64.2 Å². The Morgan fingerprint density at radius 3 is 1.42 bits per heavy atom. The van der Waals surface area contributed by atoms with Crippen LogP contribution >= 0.6 is 0 Å². The van der Waals surface area contributed by atoms with Crippen molar-refractivity contribution in [3.8, 4) is 0 Å². The van der Waals surface area contributed by atoms with Gasteiger partial charge in [-0.15, -0.1) is 0 Å². The molecular formula is C51H95NO5. The summed E-state index contributed by atoms with van der Waals surface area (Å²) in [5.74, 6) is -0.527.